The SMILES string of the molecule is CC(=O)O.SC=Cc1ccccc1. The lowest BCUT2D eigenvalue weighted by Crippen LogP contribution is -1.78. The first-order valence-electron chi connectivity index (χ1n) is 3.72. The van der Waals surface area contributed by atoms with E-state index in [2.05, 4.69) is 12.6 Å². The van der Waals surface area contributed by atoms with E-state index in [4.69, 9.17) is 9.90 Å². The van der Waals surface area contributed by atoms with E-state index < -0.39 is 5.97 Å². The van der Waals surface area contributed by atoms with Crippen LogP contribution in [0.4, 0.5) is 0 Å². The van der Waals surface area contributed by atoms with Crippen LogP contribution in [0.25, 0.3) is 6.08 Å². The highest BCUT2D eigenvalue weighted by Crippen LogP contribution is 2.00. The van der Waals surface area contributed by atoms with E-state index in [1.165, 1.54) is 5.56 Å². The van der Waals surface area contributed by atoms with E-state index in [0.29, 0.717) is 0 Å². The Hall–Kier alpha value is -1.22. The second-order valence-electron chi connectivity index (χ2n) is 2.25. The monoisotopic (exact) mass is 196 g/mol. The first kappa shape index (κ1) is 11.8. The van der Waals surface area contributed by atoms with E-state index >= 15 is 0 Å². The van der Waals surface area contributed by atoms with Gasteiger partial charge in [-0.1, -0.05) is 30.3 Å². The molecule has 13 heavy (non-hydrogen) atoms. The van der Waals surface area contributed by atoms with E-state index in [0.717, 1.165) is 6.92 Å². The smallest absolute Gasteiger partial charge is 0.300 e. The maximum Gasteiger partial charge on any atom is 0.300 e. The summed E-state index contributed by atoms with van der Waals surface area (Å²) in [5, 5.41) is 9.15. The number of thiol groups is 1. The Morgan fingerprint density at radius 3 is 2.23 bits per heavy atom. The largest absolute Gasteiger partial charge is 0.481 e. The van der Waals surface area contributed by atoms with Gasteiger partial charge < -0.3 is 5.11 Å². The van der Waals surface area contributed by atoms with E-state index in [9.17, 15) is 0 Å². The van der Waals surface area contributed by atoms with Gasteiger partial charge in [0.1, 0.15) is 0 Å². The predicted molar refractivity (Wildman–Crippen MR) is 57.8 cm³/mol. The van der Waals surface area contributed by atoms with Crippen LogP contribution < -0.4 is 0 Å². The van der Waals surface area contributed by atoms with Gasteiger partial charge in [0, 0.05) is 6.92 Å². The predicted octanol–water partition coefficient (Wildman–Crippen LogP) is 2.68. The Balaban J connectivity index is 0.000000310. The Morgan fingerprint density at radius 1 is 1.38 bits per heavy atom. The highest BCUT2D eigenvalue weighted by atomic mass is 32.1. The third kappa shape index (κ3) is 8.69. The van der Waals surface area contributed by atoms with Crippen molar-refractivity contribution in [2.45, 2.75) is 6.92 Å². The van der Waals surface area contributed by atoms with Crippen LogP contribution in [0.3, 0.4) is 0 Å². The van der Waals surface area contributed by atoms with Crippen molar-refractivity contribution in [3.05, 3.63) is 41.3 Å². The van der Waals surface area contributed by atoms with Crippen LogP contribution in [0.5, 0.6) is 0 Å². The van der Waals surface area contributed by atoms with Crippen LogP contribution in [0.2, 0.25) is 0 Å². The lowest BCUT2D eigenvalue weighted by Gasteiger charge is -1.86. The van der Waals surface area contributed by atoms with Gasteiger partial charge in [0.2, 0.25) is 0 Å². The standard InChI is InChI=1S/C8H8S.C2H4O2/c9-7-6-8-4-2-1-3-5-8;1-2(3)4/h1-7,9H;1H3,(H,3,4). The molecule has 70 valence electrons. The average molecular weight is 196 g/mol. The molecule has 0 heterocycles. The molecule has 0 fully saturated rings. The molecule has 0 saturated heterocycles. The van der Waals surface area contributed by atoms with Crippen molar-refractivity contribution in [3.63, 3.8) is 0 Å². The number of aliphatic carboxylic acids is 1. The molecule has 0 unspecified atom stereocenters. The van der Waals surface area contributed by atoms with Crippen LogP contribution in [-0.4, -0.2) is 11.1 Å². The molecule has 1 aromatic carbocycles. The third-order valence-electron chi connectivity index (χ3n) is 1.07. The molecular formula is C10H12O2S. The molecule has 0 radical (unpaired) electrons. The van der Waals surface area contributed by atoms with Gasteiger partial charge in [-0.2, -0.15) is 12.6 Å². The Bertz CT molecular complexity index is 264. The zero-order chi connectivity index (χ0) is 10.1. The molecule has 0 aromatic heterocycles. The van der Waals surface area contributed by atoms with Gasteiger partial charge in [-0.05, 0) is 17.0 Å². The minimum atomic E-state index is -0.833. The van der Waals surface area contributed by atoms with Gasteiger partial charge >= 0.3 is 0 Å². The molecule has 0 spiro atoms. The molecule has 2 nitrogen and oxygen atoms in total. The number of rotatable bonds is 1. The summed E-state index contributed by atoms with van der Waals surface area (Å²) in [4.78, 5) is 9.00. The van der Waals surface area contributed by atoms with Crippen LogP contribution in [0.15, 0.2) is 35.7 Å². The summed E-state index contributed by atoms with van der Waals surface area (Å²) in [5.74, 6) is -0.833. The van der Waals surface area contributed by atoms with Gasteiger partial charge in [-0.25, -0.2) is 0 Å². The van der Waals surface area contributed by atoms with Gasteiger partial charge in [0.25, 0.3) is 5.97 Å². The highest BCUT2D eigenvalue weighted by Gasteiger charge is 1.77. The van der Waals surface area contributed by atoms with E-state index in [1.807, 2.05) is 36.4 Å². The molecule has 1 rings (SSSR count). The summed E-state index contributed by atoms with van der Waals surface area (Å²) in [6.07, 6.45) is 1.95. The minimum absolute atomic E-state index is 0.833. The van der Waals surface area contributed by atoms with Gasteiger partial charge in [-0.3, -0.25) is 4.79 Å². The molecule has 0 bridgehead atoms. The summed E-state index contributed by atoms with van der Waals surface area (Å²) < 4.78 is 0. The Morgan fingerprint density at radius 2 is 1.85 bits per heavy atom. The van der Waals surface area contributed by atoms with Crippen molar-refractivity contribution in [1.29, 1.82) is 0 Å². The second kappa shape index (κ2) is 7.43. The molecule has 1 N–H and O–H groups in total. The quantitative estimate of drug-likeness (QED) is 0.678. The summed E-state index contributed by atoms with van der Waals surface area (Å²) in [7, 11) is 0. The topological polar surface area (TPSA) is 37.3 Å². The number of carboxylic acid groups (broad SMARTS) is 1. The minimum Gasteiger partial charge on any atom is -0.481 e. The molecule has 0 amide bonds. The lowest BCUT2D eigenvalue weighted by molar-refractivity contribution is -0.134. The number of hydrogen-bond donors (Lipinski definition) is 2. The summed E-state index contributed by atoms with van der Waals surface area (Å²) in [6.45, 7) is 1.08. The van der Waals surface area contributed by atoms with E-state index in [-0.39, 0.29) is 0 Å². The summed E-state index contributed by atoms with van der Waals surface area (Å²) in [6, 6.07) is 10.1. The first-order chi connectivity index (χ1) is 6.16. The van der Waals surface area contributed by atoms with Gasteiger partial charge in [0.05, 0.1) is 0 Å². The molecular weight excluding hydrogens is 184 g/mol. The van der Waals surface area contributed by atoms with Crippen LogP contribution in [0, 0.1) is 0 Å². The summed E-state index contributed by atoms with van der Waals surface area (Å²) in [5.41, 5.74) is 1.19. The summed E-state index contributed by atoms with van der Waals surface area (Å²) >= 11 is 3.95. The van der Waals surface area contributed by atoms with Crippen molar-refractivity contribution in [2.24, 2.45) is 0 Å². The lowest BCUT2D eigenvalue weighted by atomic mass is 10.2. The fourth-order valence-corrected chi connectivity index (χ4v) is 0.822. The second-order valence-corrected chi connectivity index (χ2v) is 2.54. The molecule has 0 atom stereocenters. The fraction of sp³-hybridized carbons (Fsp3) is 0.100. The number of hydrogen-bond acceptors (Lipinski definition) is 2. The Labute approximate surface area is 83.3 Å². The average Bonchev–Trinajstić information content (AvgIpc) is 2.06. The molecule has 0 saturated carbocycles. The number of benzene rings is 1. The van der Waals surface area contributed by atoms with Crippen molar-refractivity contribution in [1.82, 2.24) is 0 Å². The maximum absolute atomic E-state index is 9.00. The van der Waals surface area contributed by atoms with Gasteiger partial charge in [0.15, 0.2) is 0 Å². The van der Waals surface area contributed by atoms with Crippen molar-refractivity contribution < 1.29 is 9.90 Å². The first-order valence-corrected chi connectivity index (χ1v) is 4.24. The van der Waals surface area contributed by atoms with Crippen LogP contribution >= 0.6 is 12.6 Å². The maximum atomic E-state index is 9.00. The number of carbonyl (C=O) groups is 1. The fourth-order valence-electron chi connectivity index (χ4n) is 0.650. The zero-order valence-corrected chi connectivity index (χ0v) is 8.24. The number of carboxylic acids is 1. The third-order valence-corrected chi connectivity index (χ3v) is 1.22. The van der Waals surface area contributed by atoms with E-state index in [1.54, 1.807) is 5.41 Å². The van der Waals surface area contributed by atoms with Crippen LogP contribution in [-0.2, 0) is 4.79 Å². The Kier molecular flexibility index (Phi) is 6.73. The zero-order valence-electron chi connectivity index (χ0n) is 7.34. The molecule has 3 heteroatoms. The molecule has 0 aliphatic carbocycles. The van der Waals surface area contributed by atoms with Crippen LogP contribution in [0.1, 0.15) is 12.5 Å². The molecule has 1 aromatic rings. The highest BCUT2D eigenvalue weighted by molar-refractivity contribution is 7.83. The normalized spacial score (nSPS) is 9.08. The molecule has 0 aliphatic rings. The van der Waals surface area contributed by atoms with Gasteiger partial charge in [-0.15, -0.1) is 0 Å². The van der Waals surface area contributed by atoms with Crippen molar-refractivity contribution >= 4 is 24.7 Å². The molecule has 0 aliphatic heterocycles. The van der Waals surface area contributed by atoms with Crippen molar-refractivity contribution in [3.8, 4) is 0 Å². The van der Waals surface area contributed by atoms with Crippen molar-refractivity contribution in [2.75, 3.05) is 0 Å².